The molecule has 20 heavy (non-hydrogen) atoms. The molecule has 0 heterocycles. The zero-order valence-electron chi connectivity index (χ0n) is 11.3. The van der Waals surface area contributed by atoms with Crippen molar-refractivity contribution in [3.05, 3.63) is 21.7 Å². The molecule has 110 valence electrons. The van der Waals surface area contributed by atoms with E-state index in [1.165, 1.54) is 20.4 Å². The third-order valence-electron chi connectivity index (χ3n) is 2.28. The maximum absolute atomic E-state index is 6.16. The van der Waals surface area contributed by atoms with Crippen molar-refractivity contribution in [2.45, 2.75) is 6.92 Å². The highest BCUT2D eigenvalue weighted by Crippen LogP contribution is 2.41. The average Bonchev–Trinajstić information content (AvgIpc) is 2.39. The first kappa shape index (κ1) is 16.8. The molecular weight excluding hydrogens is 321 g/mol. The third-order valence-corrected chi connectivity index (χ3v) is 3.14. The summed E-state index contributed by atoms with van der Waals surface area (Å²) < 4.78 is 10.4. The second kappa shape index (κ2) is 8.14. The molecular formula is C12H15Cl2N3O2S. The molecule has 1 aromatic rings. The molecule has 0 aliphatic carbocycles. The van der Waals surface area contributed by atoms with E-state index in [0.29, 0.717) is 38.8 Å². The molecule has 8 heteroatoms. The summed E-state index contributed by atoms with van der Waals surface area (Å²) in [6.45, 7) is 2.65. The van der Waals surface area contributed by atoms with Crippen LogP contribution in [0.3, 0.4) is 0 Å². The predicted molar refractivity (Wildman–Crippen MR) is 86.6 cm³/mol. The van der Waals surface area contributed by atoms with Crippen LogP contribution in [0.5, 0.6) is 11.5 Å². The molecule has 0 aliphatic heterocycles. The monoisotopic (exact) mass is 335 g/mol. The fourth-order valence-electron chi connectivity index (χ4n) is 1.45. The quantitative estimate of drug-likeness (QED) is 0.492. The zero-order chi connectivity index (χ0) is 15.1. The molecule has 0 saturated carbocycles. The van der Waals surface area contributed by atoms with Crippen LogP contribution in [0.2, 0.25) is 10.0 Å². The number of hydrazone groups is 1. The lowest BCUT2D eigenvalue weighted by Gasteiger charge is -2.12. The van der Waals surface area contributed by atoms with Crippen LogP contribution in [-0.4, -0.2) is 32.1 Å². The van der Waals surface area contributed by atoms with Crippen molar-refractivity contribution in [3.63, 3.8) is 0 Å². The molecule has 0 saturated heterocycles. The van der Waals surface area contributed by atoms with E-state index in [1.54, 1.807) is 6.07 Å². The molecule has 0 amide bonds. The van der Waals surface area contributed by atoms with E-state index in [9.17, 15) is 0 Å². The molecule has 0 bridgehead atoms. The van der Waals surface area contributed by atoms with Gasteiger partial charge in [-0.3, -0.25) is 5.43 Å². The van der Waals surface area contributed by atoms with Gasteiger partial charge < -0.3 is 14.8 Å². The van der Waals surface area contributed by atoms with Gasteiger partial charge in [0.2, 0.25) is 0 Å². The highest BCUT2D eigenvalue weighted by molar-refractivity contribution is 7.80. The summed E-state index contributed by atoms with van der Waals surface area (Å²) >= 11 is 17.2. The fraction of sp³-hybridized carbons (Fsp3) is 0.333. The third kappa shape index (κ3) is 4.13. The minimum absolute atomic E-state index is 0.290. The SMILES string of the molecule is CCNC(=S)N/N=C/c1cc(Cl)c(OC)c(Cl)c1OC. The highest BCUT2D eigenvalue weighted by atomic mass is 35.5. The van der Waals surface area contributed by atoms with E-state index < -0.39 is 0 Å². The molecule has 1 rings (SSSR count). The number of hydrogen-bond donors (Lipinski definition) is 2. The van der Waals surface area contributed by atoms with Gasteiger partial charge in [0.05, 0.1) is 25.5 Å². The Kier molecular flexibility index (Phi) is 6.84. The van der Waals surface area contributed by atoms with Crippen molar-refractivity contribution >= 4 is 46.7 Å². The number of methoxy groups -OCH3 is 2. The second-order valence-corrected chi connectivity index (χ2v) is 4.75. The summed E-state index contributed by atoms with van der Waals surface area (Å²) in [5.41, 5.74) is 3.27. The summed E-state index contributed by atoms with van der Waals surface area (Å²) in [5.74, 6) is 0.784. The maximum atomic E-state index is 6.16. The van der Waals surface area contributed by atoms with Gasteiger partial charge in [0.1, 0.15) is 10.8 Å². The molecule has 0 spiro atoms. The Labute approximate surface area is 133 Å². The number of rotatable bonds is 5. The predicted octanol–water partition coefficient (Wildman–Crippen LogP) is 2.83. The second-order valence-electron chi connectivity index (χ2n) is 3.56. The van der Waals surface area contributed by atoms with Crippen LogP contribution in [0.4, 0.5) is 0 Å². The van der Waals surface area contributed by atoms with E-state index in [4.69, 9.17) is 44.9 Å². The molecule has 0 fully saturated rings. The molecule has 2 N–H and O–H groups in total. The number of thiocarbonyl (C=S) groups is 1. The molecule has 0 aliphatic rings. The Morgan fingerprint density at radius 1 is 1.35 bits per heavy atom. The van der Waals surface area contributed by atoms with Gasteiger partial charge in [-0.15, -0.1) is 0 Å². The molecule has 1 aromatic carbocycles. The van der Waals surface area contributed by atoms with Gasteiger partial charge in [-0.05, 0) is 25.2 Å². The summed E-state index contributed by atoms with van der Waals surface area (Å²) in [5, 5.41) is 7.98. The Morgan fingerprint density at radius 2 is 2.00 bits per heavy atom. The van der Waals surface area contributed by atoms with Crippen molar-refractivity contribution in [1.82, 2.24) is 10.7 Å². The fourth-order valence-corrected chi connectivity index (χ4v) is 2.35. The normalized spacial score (nSPS) is 10.4. The van der Waals surface area contributed by atoms with Crippen LogP contribution in [0, 0.1) is 0 Å². The van der Waals surface area contributed by atoms with Gasteiger partial charge >= 0.3 is 0 Å². The van der Waals surface area contributed by atoms with Gasteiger partial charge in [0.15, 0.2) is 10.9 Å². The van der Waals surface area contributed by atoms with E-state index in [1.807, 2.05) is 6.92 Å². The first-order valence-corrected chi connectivity index (χ1v) is 6.88. The van der Waals surface area contributed by atoms with Crippen LogP contribution in [0.15, 0.2) is 11.2 Å². The number of halogens is 2. The van der Waals surface area contributed by atoms with Crippen molar-refractivity contribution < 1.29 is 9.47 Å². The van der Waals surface area contributed by atoms with Gasteiger partial charge in [-0.2, -0.15) is 5.10 Å². The molecule has 0 atom stereocenters. The van der Waals surface area contributed by atoms with Crippen molar-refractivity contribution in [2.75, 3.05) is 20.8 Å². The summed E-state index contributed by atoms with van der Waals surface area (Å²) in [4.78, 5) is 0. The van der Waals surface area contributed by atoms with Gasteiger partial charge in [0.25, 0.3) is 0 Å². The van der Waals surface area contributed by atoms with Crippen LogP contribution >= 0.6 is 35.4 Å². The van der Waals surface area contributed by atoms with Crippen LogP contribution < -0.4 is 20.2 Å². The lowest BCUT2D eigenvalue weighted by atomic mass is 10.2. The highest BCUT2D eigenvalue weighted by Gasteiger charge is 2.16. The standard InChI is InChI=1S/C12H15Cl2N3O2S/c1-4-15-12(20)17-16-6-7-5-8(13)11(19-3)9(14)10(7)18-2/h5-6H,4H2,1-3H3,(H2,15,17,20)/b16-6+. The van der Waals surface area contributed by atoms with Crippen LogP contribution in [-0.2, 0) is 0 Å². The number of ether oxygens (including phenoxy) is 2. The van der Waals surface area contributed by atoms with E-state index in [-0.39, 0.29) is 0 Å². The lowest BCUT2D eigenvalue weighted by Crippen LogP contribution is -2.31. The molecule has 0 unspecified atom stereocenters. The zero-order valence-corrected chi connectivity index (χ0v) is 13.6. The minimum atomic E-state index is 0.290. The first-order valence-electron chi connectivity index (χ1n) is 5.72. The molecule has 0 aromatic heterocycles. The number of nitrogens with one attached hydrogen (secondary N) is 2. The smallest absolute Gasteiger partial charge is 0.186 e. The summed E-state index contributed by atoms with van der Waals surface area (Å²) in [6, 6.07) is 1.65. The number of hydrogen-bond acceptors (Lipinski definition) is 4. The Hall–Kier alpha value is -1.24. The maximum Gasteiger partial charge on any atom is 0.186 e. The van der Waals surface area contributed by atoms with Gasteiger partial charge in [-0.25, -0.2) is 0 Å². The minimum Gasteiger partial charge on any atom is -0.494 e. The number of benzene rings is 1. The van der Waals surface area contributed by atoms with E-state index in [2.05, 4.69) is 15.8 Å². The average molecular weight is 336 g/mol. The Bertz CT molecular complexity index is 524. The largest absolute Gasteiger partial charge is 0.494 e. The summed E-state index contributed by atoms with van der Waals surface area (Å²) in [6.07, 6.45) is 1.51. The van der Waals surface area contributed by atoms with Crippen molar-refractivity contribution in [1.29, 1.82) is 0 Å². The molecule has 0 radical (unpaired) electrons. The van der Waals surface area contributed by atoms with E-state index in [0.717, 1.165) is 0 Å². The summed E-state index contributed by atoms with van der Waals surface area (Å²) in [7, 11) is 2.99. The van der Waals surface area contributed by atoms with Crippen molar-refractivity contribution in [3.8, 4) is 11.5 Å². The van der Waals surface area contributed by atoms with Gasteiger partial charge in [-0.1, -0.05) is 23.2 Å². The van der Waals surface area contributed by atoms with Crippen molar-refractivity contribution in [2.24, 2.45) is 5.10 Å². The molecule has 5 nitrogen and oxygen atoms in total. The van der Waals surface area contributed by atoms with Crippen LogP contribution in [0.1, 0.15) is 12.5 Å². The Balaban J connectivity index is 3.01. The van der Waals surface area contributed by atoms with Gasteiger partial charge in [0, 0.05) is 12.1 Å². The topological polar surface area (TPSA) is 54.9 Å². The first-order chi connectivity index (χ1) is 9.54. The Morgan fingerprint density at radius 3 is 2.55 bits per heavy atom. The van der Waals surface area contributed by atoms with Crippen LogP contribution in [0.25, 0.3) is 0 Å². The lowest BCUT2D eigenvalue weighted by molar-refractivity contribution is 0.394. The number of nitrogens with zero attached hydrogens (tertiary/aromatic N) is 1. The van der Waals surface area contributed by atoms with E-state index >= 15 is 0 Å².